The van der Waals surface area contributed by atoms with Crippen LogP contribution >= 0.6 is 0 Å². The molecule has 1 N–H and O–H groups in total. The highest BCUT2D eigenvalue weighted by Gasteiger charge is 2.02. The summed E-state index contributed by atoms with van der Waals surface area (Å²) in [6, 6.07) is 2.06. The molecule has 3 heteroatoms. The zero-order valence-electron chi connectivity index (χ0n) is 10.6. The lowest BCUT2D eigenvalue weighted by molar-refractivity contribution is 0.0846. The minimum atomic E-state index is 0.570. The molecule has 92 valence electrons. The smallest absolute Gasteiger partial charge is 0.129 e. The molecule has 0 spiro atoms. The van der Waals surface area contributed by atoms with Crippen molar-refractivity contribution in [1.82, 2.24) is 5.32 Å². The first-order valence-corrected chi connectivity index (χ1v) is 6.07. The van der Waals surface area contributed by atoms with E-state index in [0.29, 0.717) is 12.5 Å². The molecule has 0 radical (unpaired) electrons. The minimum absolute atomic E-state index is 0.570. The van der Waals surface area contributed by atoms with E-state index in [4.69, 9.17) is 9.15 Å². The van der Waals surface area contributed by atoms with Crippen molar-refractivity contribution >= 4 is 0 Å². The summed E-state index contributed by atoms with van der Waals surface area (Å²) in [5, 5.41) is 3.34. The van der Waals surface area contributed by atoms with E-state index in [1.807, 2.05) is 0 Å². The Labute approximate surface area is 98.2 Å². The molecule has 0 atom stereocenters. The van der Waals surface area contributed by atoms with Crippen LogP contribution in [-0.2, 0) is 17.9 Å². The maximum Gasteiger partial charge on any atom is 0.129 e. The monoisotopic (exact) mass is 225 g/mol. The van der Waals surface area contributed by atoms with Crippen molar-refractivity contribution in [3.05, 3.63) is 23.7 Å². The lowest BCUT2D eigenvalue weighted by Crippen LogP contribution is -2.13. The van der Waals surface area contributed by atoms with Crippen molar-refractivity contribution in [3.63, 3.8) is 0 Å². The first-order chi connectivity index (χ1) is 7.72. The molecule has 0 amide bonds. The molecule has 0 bridgehead atoms. The molecule has 0 unspecified atom stereocenters. The minimum Gasteiger partial charge on any atom is -0.467 e. The Morgan fingerprint density at radius 2 is 2.25 bits per heavy atom. The standard InChI is InChI=1S/C13H23NO2/c1-4-5-14-7-12-6-13(16-9-12)10-15-8-11(2)3/h6,9,11,14H,4-5,7-8,10H2,1-3H3. The fourth-order valence-corrected chi connectivity index (χ4v) is 1.40. The van der Waals surface area contributed by atoms with E-state index in [0.717, 1.165) is 31.9 Å². The average molecular weight is 225 g/mol. The highest BCUT2D eigenvalue weighted by molar-refractivity contribution is 5.11. The van der Waals surface area contributed by atoms with Crippen LogP contribution in [-0.4, -0.2) is 13.2 Å². The summed E-state index contributed by atoms with van der Waals surface area (Å²) in [4.78, 5) is 0. The molecule has 1 aromatic heterocycles. The molecule has 0 aliphatic rings. The van der Waals surface area contributed by atoms with Crippen LogP contribution in [0.2, 0.25) is 0 Å². The molecule has 0 aromatic carbocycles. The van der Waals surface area contributed by atoms with Crippen LogP contribution in [0.3, 0.4) is 0 Å². The maximum atomic E-state index is 5.51. The van der Waals surface area contributed by atoms with Crippen molar-refractivity contribution in [2.45, 2.75) is 40.3 Å². The predicted molar refractivity (Wildman–Crippen MR) is 65.2 cm³/mol. The number of hydrogen-bond acceptors (Lipinski definition) is 3. The van der Waals surface area contributed by atoms with E-state index in [-0.39, 0.29) is 0 Å². The molecule has 0 saturated heterocycles. The van der Waals surface area contributed by atoms with E-state index < -0.39 is 0 Å². The van der Waals surface area contributed by atoms with Gasteiger partial charge in [-0.1, -0.05) is 20.8 Å². The molecule has 3 nitrogen and oxygen atoms in total. The van der Waals surface area contributed by atoms with Gasteiger partial charge in [-0.15, -0.1) is 0 Å². The maximum absolute atomic E-state index is 5.51. The third-order valence-corrected chi connectivity index (χ3v) is 2.16. The van der Waals surface area contributed by atoms with E-state index in [1.165, 1.54) is 5.56 Å². The Kier molecular flexibility index (Phi) is 6.19. The van der Waals surface area contributed by atoms with Crippen molar-refractivity contribution in [2.24, 2.45) is 5.92 Å². The number of rotatable bonds is 8. The summed E-state index contributed by atoms with van der Waals surface area (Å²) in [5.74, 6) is 1.48. The van der Waals surface area contributed by atoms with Crippen LogP contribution in [0, 0.1) is 5.92 Å². The zero-order valence-corrected chi connectivity index (χ0v) is 10.6. The van der Waals surface area contributed by atoms with Crippen LogP contribution in [0.5, 0.6) is 0 Å². The summed E-state index contributed by atoms with van der Waals surface area (Å²) in [6.45, 7) is 9.72. The number of nitrogens with one attached hydrogen (secondary N) is 1. The SMILES string of the molecule is CCCNCc1coc(COCC(C)C)c1. The van der Waals surface area contributed by atoms with Gasteiger partial charge in [0.1, 0.15) is 12.4 Å². The zero-order chi connectivity index (χ0) is 11.8. The highest BCUT2D eigenvalue weighted by atomic mass is 16.5. The molecule has 0 aliphatic carbocycles. The van der Waals surface area contributed by atoms with Crippen LogP contribution in [0.4, 0.5) is 0 Å². The van der Waals surface area contributed by atoms with Gasteiger partial charge in [0.15, 0.2) is 0 Å². The second-order valence-electron chi connectivity index (χ2n) is 4.51. The largest absolute Gasteiger partial charge is 0.467 e. The van der Waals surface area contributed by atoms with Gasteiger partial charge in [-0.3, -0.25) is 0 Å². The quantitative estimate of drug-likeness (QED) is 0.691. The van der Waals surface area contributed by atoms with E-state index in [2.05, 4.69) is 32.2 Å². The van der Waals surface area contributed by atoms with Crippen molar-refractivity contribution in [2.75, 3.05) is 13.2 Å². The van der Waals surface area contributed by atoms with E-state index in [1.54, 1.807) is 6.26 Å². The fraction of sp³-hybridized carbons (Fsp3) is 0.692. The van der Waals surface area contributed by atoms with Crippen molar-refractivity contribution < 1.29 is 9.15 Å². The predicted octanol–water partition coefficient (Wildman–Crippen LogP) is 2.95. The van der Waals surface area contributed by atoms with Crippen LogP contribution in [0.1, 0.15) is 38.5 Å². The summed E-state index contributed by atoms with van der Waals surface area (Å²) in [6.07, 6.45) is 2.96. The normalized spacial score (nSPS) is 11.2. The summed E-state index contributed by atoms with van der Waals surface area (Å²) >= 11 is 0. The molecule has 1 rings (SSSR count). The summed E-state index contributed by atoms with van der Waals surface area (Å²) < 4.78 is 10.9. The molecule has 0 fully saturated rings. The lowest BCUT2D eigenvalue weighted by Gasteiger charge is -2.04. The Bertz CT molecular complexity index is 281. The van der Waals surface area contributed by atoms with Gasteiger partial charge in [-0.25, -0.2) is 0 Å². The molecular weight excluding hydrogens is 202 g/mol. The summed E-state index contributed by atoms with van der Waals surface area (Å²) in [7, 11) is 0. The van der Waals surface area contributed by atoms with Gasteiger partial charge < -0.3 is 14.5 Å². The Morgan fingerprint density at radius 1 is 1.44 bits per heavy atom. The highest BCUT2D eigenvalue weighted by Crippen LogP contribution is 2.09. The molecule has 16 heavy (non-hydrogen) atoms. The number of furan rings is 1. The van der Waals surface area contributed by atoms with E-state index in [9.17, 15) is 0 Å². The number of ether oxygens (including phenoxy) is 1. The molecule has 0 aliphatic heterocycles. The first-order valence-electron chi connectivity index (χ1n) is 6.07. The van der Waals surface area contributed by atoms with Gasteiger partial charge >= 0.3 is 0 Å². The molecule has 1 heterocycles. The van der Waals surface area contributed by atoms with E-state index >= 15 is 0 Å². The second kappa shape index (κ2) is 7.47. The third kappa shape index (κ3) is 5.33. The van der Waals surface area contributed by atoms with Gasteiger partial charge in [-0.2, -0.15) is 0 Å². The average Bonchev–Trinajstić information content (AvgIpc) is 2.66. The second-order valence-corrected chi connectivity index (χ2v) is 4.51. The Morgan fingerprint density at radius 3 is 2.94 bits per heavy atom. The van der Waals surface area contributed by atoms with Crippen molar-refractivity contribution in [3.8, 4) is 0 Å². The van der Waals surface area contributed by atoms with Crippen molar-refractivity contribution in [1.29, 1.82) is 0 Å². The molecular formula is C13H23NO2. The molecule has 1 aromatic rings. The van der Waals surface area contributed by atoms with Gasteiger partial charge in [0.25, 0.3) is 0 Å². The fourth-order valence-electron chi connectivity index (χ4n) is 1.40. The summed E-state index contributed by atoms with van der Waals surface area (Å²) in [5.41, 5.74) is 1.19. The lowest BCUT2D eigenvalue weighted by atomic mass is 10.2. The topological polar surface area (TPSA) is 34.4 Å². The van der Waals surface area contributed by atoms with Crippen LogP contribution < -0.4 is 5.32 Å². The van der Waals surface area contributed by atoms with Crippen LogP contribution in [0.15, 0.2) is 16.7 Å². The van der Waals surface area contributed by atoms with Gasteiger partial charge in [0.05, 0.1) is 6.26 Å². The van der Waals surface area contributed by atoms with Gasteiger partial charge in [0.2, 0.25) is 0 Å². The Balaban J connectivity index is 2.22. The third-order valence-electron chi connectivity index (χ3n) is 2.16. The Hall–Kier alpha value is -0.800. The first kappa shape index (κ1) is 13.3. The van der Waals surface area contributed by atoms with Crippen LogP contribution in [0.25, 0.3) is 0 Å². The van der Waals surface area contributed by atoms with Gasteiger partial charge in [0, 0.05) is 18.7 Å². The number of hydrogen-bond donors (Lipinski definition) is 1. The molecule has 0 saturated carbocycles. The van der Waals surface area contributed by atoms with Gasteiger partial charge in [-0.05, 0) is 24.9 Å².